The van der Waals surface area contributed by atoms with Crippen LogP contribution in [0.15, 0.2) is 35.3 Å². The molecule has 0 amide bonds. The summed E-state index contributed by atoms with van der Waals surface area (Å²) in [5.41, 5.74) is 1.22. The van der Waals surface area contributed by atoms with Crippen LogP contribution in [-0.2, 0) is 6.54 Å². The van der Waals surface area contributed by atoms with Crippen molar-refractivity contribution in [2.24, 2.45) is 0 Å². The van der Waals surface area contributed by atoms with Crippen molar-refractivity contribution >= 4 is 15.9 Å². The molecule has 1 atom stereocenters. The van der Waals surface area contributed by atoms with Crippen LogP contribution in [0.1, 0.15) is 12.5 Å². The van der Waals surface area contributed by atoms with E-state index in [0.29, 0.717) is 0 Å². The van der Waals surface area contributed by atoms with E-state index in [2.05, 4.69) is 33.9 Å². The average Bonchev–Trinajstić information content (AvgIpc) is 2.22. The number of benzene rings is 1. The molecule has 1 aromatic carbocycles. The summed E-state index contributed by atoms with van der Waals surface area (Å²) in [7, 11) is 1.93. The van der Waals surface area contributed by atoms with Gasteiger partial charge in [0.25, 0.3) is 0 Å². The molecule has 2 nitrogen and oxygen atoms in total. The van der Waals surface area contributed by atoms with Crippen LogP contribution >= 0.6 is 15.9 Å². The Morgan fingerprint density at radius 3 is 2.87 bits per heavy atom. The maximum atomic E-state index is 5.64. The van der Waals surface area contributed by atoms with Gasteiger partial charge < -0.3 is 10.1 Å². The number of nitrogens with one attached hydrogen (secondary N) is 1. The summed E-state index contributed by atoms with van der Waals surface area (Å²) < 4.78 is 6.62. The first-order valence-electron chi connectivity index (χ1n) is 4.89. The van der Waals surface area contributed by atoms with Gasteiger partial charge in [-0.05, 0) is 47.6 Å². The van der Waals surface area contributed by atoms with Gasteiger partial charge in [-0.25, -0.2) is 0 Å². The minimum Gasteiger partial charge on any atom is -0.485 e. The zero-order valence-electron chi connectivity index (χ0n) is 9.09. The van der Waals surface area contributed by atoms with E-state index in [9.17, 15) is 0 Å². The Hall–Kier alpha value is -0.800. The Morgan fingerprint density at radius 2 is 2.33 bits per heavy atom. The Morgan fingerprint density at radius 1 is 1.60 bits per heavy atom. The second-order valence-corrected chi connectivity index (χ2v) is 4.21. The normalized spacial score (nSPS) is 12.2. The fourth-order valence-electron chi connectivity index (χ4n) is 1.20. The van der Waals surface area contributed by atoms with Gasteiger partial charge in [0.15, 0.2) is 0 Å². The molecule has 1 rings (SSSR count). The molecule has 0 fully saturated rings. The largest absolute Gasteiger partial charge is 0.485 e. The summed E-state index contributed by atoms with van der Waals surface area (Å²) in [6.07, 6.45) is 1.80. The van der Waals surface area contributed by atoms with Crippen LogP contribution in [0.25, 0.3) is 0 Å². The van der Waals surface area contributed by atoms with Gasteiger partial charge in [0.1, 0.15) is 11.9 Å². The number of ether oxygens (including phenoxy) is 1. The quantitative estimate of drug-likeness (QED) is 0.830. The zero-order chi connectivity index (χ0) is 11.3. The van der Waals surface area contributed by atoms with E-state index < -0.39 is 0 Å². The highest BCUT2D eigenvalue weighted by Crippen LogP contribution is 2.26. The van der Waals surface area contributed by atoms with E-state index in [4.69, 9.17) is 4.74 Å². The van der Waals surface area contributed by atoms with Crippen molar-refractivity contribution < 1.29 is 4.74 Å². The maximum Gasteiger partial charge on any atom is 0.134 e. The highest BCUT2D eigenvalue weighted by atomic mass is 79.9. The van der Waals surface area contributed by atoms with Crippen molar-refractivity contribution in [3.05, 3.63) is 40.9 Å². The van der Waals surface area contributed by atoms with Gasteiger partial charge in [-0.2, -0.15) is 0 Å². The highest BCUT2D eigenvalue weighted by molar-refractivity contribution is 9.10. The first kappa shape index (κ1) is 12.3. The first-order chi connectivity index (χ1) is 7.17. The molecule has 0 saturated heterocycles. The predicted molar refractivity (Wildman–Crippen MR) is 67.2 cm³/mol. The van der Waals surface area contributed by atoms with Crippen LogP contribution < -0.4 is 10.1 Å². The summed E-state index contributed by atoms with van der Waals surface area (Å²) in [4.78, 5) is 0. The lowest BCUT2D eigenvalue weighted by atomic mass is 10.2. The second-order valence-electron chi connectivity index (χ2n) is 3.35. The van der Waals surface area contributed by atoms with Gasteiger partial charge >= 0.3 is 0 Å². The fraction of sp³-hybridized carbons (Fsp3) is 0.333. The van der Waals surface area contributed by atoms with Gasteiger partial charge in [-0.3, -0.25) is 0 Å². The van der Waals surface area contributed by atoms with Gasteiger partial charge in [-0.15, -0.1) is 0 Å². The Labute approximate surface area is 99.5 Å². The van der Waals surface area contributed by atoms with Crippen LogP contribution in [-0.4, -0.2) is 13.2 Å². The molecule has 0 aliphatic rings. The molecule has 1 N–H and O–H groups in total. The van der Waals surface area contributed by atoms with Crippen LogP contribution in [0.2, 0.25) is 0 Å². The van der Waals surface area contributed by atoms with E-state index in [1.54, 1.807) is 6.08 Å². The van der Waals surface area contributed by atoms with Crippen LogP contribution in [0.3, 0.4) is 0 Å². The summed E-state index contributed by atoms with van der Waals surface area (Å²) in [5.74, 6) is 0.849. The molecule has 82 valence electrons. The van der Waals surface area contributed by atoms with Crippen molar-refractivity contribution in [1.29, 1.82) is 0 Å². The molecule has 0 aliphatic carbocycles. The number of rotatable bonds is 5. The molecular formula is C12H16BrNO. The summed E-state index contributed by atoms with van der Waals surface area (Å²) >= 11 is 3.49. The van der Waals surface area contributed by atoms with E-state index in [-0.39, 0.29) is 6.10 Å². The zero-order valence-corrected chi connectivity index (χ0v) is 10.7. The lowest BCUT2D eigenvalue weighted by Crippen LogP contribution is -2.08. The molecule has 0 heterocycles. The molecule has 3 heteroatoms. The van der Waals surface area contributed by atoms with Gasteiger partial charge in [-0.1, -0.05) is 18.7 Å². The Balaban J connectivity index is 2.78. The molecule has 0 saturated carbocycles. The number of hydrogen-bond donors (Lipinski definition) is 1. The monoisotopic (exact) mass is 269 g/mol. The Kier molecular flexibility index (Phi) is 4.85. The Bertz CT molecular complexity index is 338. The lowest BCUT2D eigenvalue weighted by Gasteiger charge is -2.13. The molecular weight excluding hydrogens is 254 g/mol. The minimum absolute atomic E-state index is 0.0245. The van der Waals surface area contributed by atoms with Crippen LogP contribution in [0.5, 0.6) is 5.75 Å². The molecule has 0 radical (unpaired) electrons. The van der Waals surface area contributed by atoms with Gasteiger partial charge in [0, 0.05) is 6.54 Å². The van der Waals surface area contributed by atoms with Crippen molar-refractivity contribution in [3.8, 4) is 5.75 Å². The van der Waals surface area contributed by atoms with E-state index in [1.807, 2.05) is 26.1 Å². The third-order valence-corrected chi connectivity index (χ3v) is 2.64. The van der Waals surface area contributed by atoms with E-state index in [1.165, 1.54) is 5.56 Å². The maximum absolute atomic E-state index is 5.64. The third kappa shape index (κ3) is 3.68. The van der Waals surface area contributed by atoms with E-state index >= 15 is 0 Å². The lowest BCUT2D eigenvalue weighted by molar-refractivity contribution is 0.268. The summed E-state index contributed by atoms with van der Waals surface area (Å²) in [5, 5.41) is 3.10. The fourth-order valence-corrected chi connectivity index (χ4v) is 1.72. The standard InChI is InChI=1S/C12H16BrNO/c1-4-9(2)15-12-6-5-10(8-14-3)7-11(12)13/h4-7,9,14H,1,8H2,2-3H3. The van der Waals surface area contributed by atoms with Crippen molar-refractivity contribution in [3.63, 3.8) is 0 Å². The molecule has 1 aromatic rings. The number of halogens is 1. The molecule has 0 aromatic heterocycles. The van der Waals surface area contributed by atoms with Crippen molar-refractivity contribution in [2.45, 2.75) is 19.6 Å². The third-order valence-electron chi connectivity index (χ3n) is 2.02. The first-order valence-corrected chi connectivity index (χ1v) is 5.69. The summed E-state index contributed by atoms with van der Waals surface area (Å²) in [6, 6.07) is 6.07. The molecule has 0 bridgehead atoms. The van der Waals surface area contributed by atoms with Crippen LogP contribution in [0, 0.1) is 0 Å². The highest BCUT2D eigenvalue weighted by Gasteiger charge is 2.04. The minimum atomic E-state index is 0.0245. The van der Waals surface area contributed by atoms with Crippen LogP contribution in [0.4, 0.5) is 0 Å². The smallest absolute Gasteiger partial charge is 0.134 e. The van der Waals surface area contributed by atoms with Crippen molar-refractivity contribution in [1.82, 2.24) is 5.32 Å². The van der Waals surface area contributed by atoms with E-state index in [0.717, 1.165) is 16.8 Å². The van der Waals surface area contributed by atoms with Gasteiger partial charge in [0.2, 0.25) is 0 Å². The SMILES string of the molecule is C=CC(C)Oc1ccc(CNC)cc1Br. The summed E-state index contributed by atoms with van der Waals surface area (Å²) in [6.45, 7) is 6.50. The molecule has 0 spiro atoms. The topological polar surface area (TPSA) is 21.3 Å². The van der Waals surface area contributed by atoms with Crippen molar-refractivity contribution in [2.75, 3.05) is 7.05 Å². The second kappa shape index (κ2) is 5.93. The molecule has 0 aliphatic heterocycles. The number of hydrogen-bond acceptors (Lipinski definition) is 2. The predicted octanol–water partition coefficient (Wildman–Crippen LogP) is 3.12. The average molecular weight is 270 g/mol. The van der Waals surface area contributed by atoms with Gasteiger partial charge in [0.05, 0.1) is 4.47 Å². The molecule has 1 unspecified atom stereocenters. The molecule has 15 heavy (non-hydrogen) atoms.